The summed E-state index contributed by atoms with van der Waals surface area (Å²) in [4.78, 5) is 28.7. The molecular weight excluding hydrogens is 348 g/mol. The number of nitrogens with zero attached hydrogens (tertiary/aromatic N) is 1. The molecule has 0 aliphatic carbocycles. The Bertz CT molecular complexity index is 910. The van der Waals surface area contributed by atoms with Crippen LogP contribution in [0.25, 0.3) is 6.08 Å². The first-order chi connectivity index (χ1) is 12.4. The van der Waals surface area contributed by atoms with Gasteiger partial charge >= 0.3 is 5.97 Å². The van der Waals surface area contributed by atoms with E-state index in [1.807, 2.05) is 26.0 Å². The predicted octanol–water partition coefficient (Wildman–Crippen LogP) is 3.98. The summed E-state index contributed by atoms with van der Waals surface area (Å²) in [5, 5.41) is 3.34. The number of ether oxygens (including phenoxy) is 1. The largest absolute Gasteiger partial charge is 0.465 e. The first kappa shape index (κ1) is 17.9. The van der Waals surface area contributed by atoms with E-state index in [0.717, 1.165) is 22.4 Å². The van der Waals surface area contributed by atoms with Gasteiger partial charge in [0, 0.05) is 0 Å². The molecule has 3 rings (SSSR count). The summed E-state index contributed by atoms with van der Waals surface area (Å²) >= 11 is 1.29. The maximum absolute atomic E-state index is 12.2. The minimum absolute atomic E-state index is 0.185. The molecule has 2 aromatic carbocycles. The van der Waals surface area contributed by atoms with Crippen LogP contribution in [-0.4, -0.2) is 24.2 Å². The maximum Gasteiger partial charge on any atom is 0.337 e. The summed E-state index contributed by atoms with van der Waals surface area (Å²) in [7, 11) is 1.34. The highest BCUT2D eigenvalue weighted by molar-refractivity contribution is 8.18. The van der Waals surface area contributed by atoms with E-state index >= 15 is 0 Å². The SMILES string of the molecule is COC(=O)c1ccc(/C=C2\SC(=Nc3cc(C)cc(C)c3)NC2=O)cc1. The number of thioether (sulfide) groups is 1. The van der Waals surface area contributed by atoms with Crippen LogP contribution in [0.1, 0.15) is 27.0 Å². The Morgan fingerprint density at radius 3 is 2.38 bits per heavy atom. The fourth-order valence-corrected chi connectivity index (χ4v) is 3.44. The number of benzene rings is 2. The lowest BCUT2D eigenvalue weighted by atomic mass is 10.1. The normalized spacial score (nSPS) is 16.8. The maximum atomic E-state index is 12.2. The van der Waals surface area contributed by atoms with Gasteiger partial charge in [0.15, 0.2) is 5.17 Å². The third-order valence-corrected chi connectivity index (χ3v) is 4.63. The number of rotatable bonds is 3. The van der Waals surface area contributed by atoms with Crippen LogP contribution >= 0.6 is 11.8 Å². The summed E-state index contributed by atoms with van der Waals surface area (Å²) < 4.78 is 4.68. The number of aliphatic imine (C=N–C) groups is 1. The Labute approximate surface area is 156 Å². The Morgan fingerprint density at radius 1 is 1.12 bits per heavy atom. The lowest BCUT2D eigenvalue weighted by molar-refractivity contribution is -0.115. The average molecular weight is 366 g/mol. The molecule has 1 heterocycles. The second kappa shape index (κ2) is 7.58. The average Bonchev–Trinajstić information content (AvgIpc) is 2.93. The zero-order valence-electron chi connectivity index (χ0n) is 14.7. The molecule has 0 bridgehead atoms. The van der Waals surface area contributed by atoms with Gasteiger partial charge in [-0.2, -0.15) is 0 Å². The number of nitrogens with one attached hydrogen (secondary N) is 1. The van der Waals surface area contributed by atoms with Crippen LogP contribution in [0.15, 0.2) is 52.4 Å². The summed E-state index contributed by atoms with van der Waals surface area (Å²) in [5.41, 5.74) is 4.35. The minimum atomic E-state index is -0.389. The van der Waals surface area contributed by atoms with Crippen molar-refractivity contribution in [2.45, 2.75) is 13.8 Å². The summed E-state index contributed by atoms with van der Waals surface area (Å²) in [6, 6.07) is 12.9. The van der Waals surface area contributed by atoms with E-state index in [1.165, 1.54) is 18.9 Å². The Kier molecular flexibility index (Phi) is 5.23. The van der Waals surface area contributed by atoms with E-state index < -0.39 is 0 Å². The lowest BCUT2D eigenvalue weighted by Crippen LogP contribution is -2.19. The molecule has 1 aliphatic rings. The van der Waals surface area contributed by atoms with Gasteiger partial charge in [0.25, 0.3) is 5.91 Å². The molecule has 1 amide bonds. The first-order valence-electron chi connectivity index (χ1n) is 8.01. The summed E-state index contributed by atoms with van der Waals surface area (Å²) in [6.07, 6.45) is 1.77. The number of amidine groups is 1. The van der Waals surface area contributed by atoms with Crippen LogP contribution in [0.3, 0.4) is 0 Å². The van der Waals surface area contributed by atoms with Gasteiger partial charge in [-0.25, -0.2) is 9.79 Å². The molecule has 5 nitrogen and oxygen atoms in total. The van der Waals surface area contributed by atoms with E-state index in [9.17, 15) is 9.59 Å². The zero-order chi connectivity index (χ0) is 18.7. The van der Waals surface area contributed by atoms with Crippen molar-refractivity contribution in [3.8, 4) is 0 Å². The number of amides is 1. The first-order valence-corrected chi connectivity index (χ1v) is 8.82. The number of esters is 1. The molecule has 1 N–H and O–H groups in total. The predicted molar refractivity (Wildman–Crippen MR) is 105 cm³/mol. The van der Waals surface area contributed by atoms with E-state index in [1.54, 1.807) is 30.3 Å². The quantitative estimate of drug-likeness (QED) is 0.659. The monoisotopic (exact) mass is 366 g/mol. The van der Waals surface area contributed by atoms with Crippen molar-refractivity contribution < 1.29 is 14.3 Å². The molecule has 2 aromatic rings. The van der Waals surface area contributed by atoms with Crippen molar-refractivity contribution in [2.75, 3.05) is 7.11 Å². The molecule has 0 atom stereocenters. The molecule has 1 saturated heterocycles. The summed E-state index contributed by atoms with van der Waals surface area (Å²) in [6.45, 7) is 4.03. The molecule has 0 unspecified atom stereocenters. The highest BCUT2D eigenvalue weighted by atomic mass is 32.2. The molecular formula is C20H18N2O3S. The second-order valence-corrected chi connectivity index (χ2v) is 6.97. The number of hydrogen-bond donors (Lipinski definition) is 1. The van der Waals surface area contributed by atoms with Crippen LogP contribution in [0.4, 0.5) is 5.69 Å². The fourth-order valence-electron chi connectivity index (χ4n) is 2.60. The summed E-state index contributed by atoms with van der Waals surface area (Å²) in [5.74, 6) is -0.574. The third-order valence-electron chi connectivity index (χ3n) is 3.72. The van der Waals surface area contributed by atoms with Gasteiger partial charge in [-0.15, -0.1) is 0 Å². The number of carbonyl (C=O) groups is 2. The van der Waals surface area contributed by atoms with E-state index in [2.05, 4.69) is 21.1 Å². The van der Waals surface area contributed by atoms with Crippen molar-refractivity contribution in [1.29, 1.82) is 0 Å². The molecule has 1 fully saturated rings. The van der Waals surface area contributed by atoms with Crippen molar-refractivity contribution >= 4 is 40.6 Å². The number of aryl methyl sites for hydroxylation is 2. The molecule has 0 saturated carbocycles. The van der Waals surface area contributed by atoms with Gasteiger partial charge in [0.2, 0.25) is 0 Å². The minimum Gasteiger partial charge on any atom is -0.465 e. The van der Waals surface area contributed by atoms with E-state index in [4.69, 9.17) is 0 Å². The van der Waals surface area contributed by atoms with Crippen LogP contribution in [0, 0.1) is 13.8 Å². The van der Waals surface area contributed by atoms with Crippen molar-refractivity contribution in [3.63, 3.8) is 0 Å². The van der Waals surface area contributed by atoms with Crippen LogP contribution < -0.4 is 5.32 Å². The van der Waals surface area contributed by atoms with Crippen LogP contribution in [0.5, 0.6) is 0 Å². The highest BCUT2D eigenvalue weighted by Crippen LogP contribution is 2.28. The molecule has 0 radical (unpaired) electrons. The van der Waals surface area contributed by atoms with Gasteiger partial charge in [0.05, 0.1) is 23.3 Å². The third kappa shape index (κ3) is 4.21. The zero-order valence-corrected chi connectivity index (χ0v) is 15.5. The number of methoxy groups -OCH3 is 1. The fraction of sp³-hybridized carbons (Fsp3) is 0.150. The van der Waals surface area contributed by atoms with E-state index in [-0.39, 0.29) is 11.9 Å². The van der Waals surface area contributed by atoms with Crippen molar-refractivity contribution in [2.24, 2.45) is 4.99 Å². The number of carbonyl (C=O) groups excluding carboxylic acids is 2. The Balaban J connectivity index is 1.80. The van der Waals surface area contributed by atoms with Gasteiger partial charge in [-0.3, -0.25) is 4.79 Å². The van der Waals surface area contributed by atoms with Crippen LogP contribution in [0.2, 0.25) is 0 Å². The van der Waals surface area contributed by atoms with Gasteiger partial charge in [-0.1, -0.05) is 18.2 Å². The second-order valence-electron chi connectivity index (χ2n) is 5.94. The van der Waals surface area contributed by atoms with Crippen LogP contribution in [-0.2, 0) is 9.53 Å². The topological polar surface area (TPSA) is 67.8 Å². The smallest absolute Gasteiger partial charge is 0.337 e. The Morgan fingerprint density at radius 2 is 1.77 bits per heavy atom. The van der Waals surface area contributed by atoms with Gasteiger partial charge < -0.3 is 10.1 Å². The number of hydrogen-bond acceptors (Lipinski definition) is 5. The Hall–Kier alpha value is -2.86. The van der Waals surface area contributed by atoms with Crippen molar-refractivity contribution in [1.82, 2.24) is 5.32 Å². The molecule has 132 valence electrons. The highest BCUT2D eigenvalue weighted by Gasteiger charge is 2.23. The van der Waals surface area contributed by atoms with Gasteiger partial charge in [0.1, 0.15) is 0 Å². The standard InChI is InChI=1S/C20H18N2O3S/c1-12-8-13(2)10-16(9-12)21-20-22-18(23)17(26-20)11-14-4-6-15(7-5-14)19(24)25-3/h4-11H,1-3H3,(H,21,22,23)/b17-11-. The van der Waals surface area contributed by atoms with E-state index in [0.29, 0.717) is 15.6 Å². The molecule has 0 aromatic heterocycles. The van der Waals surface area contributed by atoms with Gasteiger partial charge in [-0.05, 0) is 72.6 Å². The molecule has 0 spiro atoms. The lowest BCUT2D eigenvalue weighted by Gasteiger charge is -2.01. The van der Waals surface area contributed by atoms with Crippen molar-refractivity contribution in [3.05, 3.63) is 69.6 Å². The molecule has 1 aliphatic heterocycles. The molecule has 6 heteroatoms. The molecule has 26 heavy (non-hydrogen) atoms.